The minimum atomic E-state index is -1.70. The molecule has 1 aromatic carbocycles. The van der Waals surface area contributed by atoms with Gasteiger partial charge in [-0.25, -0.2) is 11.1 Å². The predicted octanol–water partition coefficient (Wildman–Crippen LogP) is -2.67. The van der Waals surface area contributed by atoms with E-state index < -0.39 is 8.07 Å². The van der Waals surface area contributed by atoms with Crippen molar-refractivity contribution >= 4 is 13.3 Å². The van der Waals surface area contributed by atoms with Crippen molar-refractivity contribution in [2.75, 3.05) is 0 Å². The van der Waals surface area contributed by atoms with E-state index in [2.05, 4.69) is 68.0 Å². The van der Waals surface area contributed by atoms with Crippen molar-refractivity contribution in [1.82, 2.24) is 0 Å². The number of allylic oxidation sites excluding steroid dienone is 4. The molecule has 1 unspecified atom stereocenters. The third-order valence-corrected chi connectivity index (χ3v) is 11.9. The molecule has 0 nitrogen and oxygen atoms in total. The molecule has 0 heterocycles. The van der Waals surface area contributed by atoms with E-state index in [9.17, 15) is 0 Å². The van der Waals surface area contributed by atoms with Gasteiger partial charge in [0.05, 0.1) is 8.07 Å². The molecular formula is C23H35Cl3SiTi. The van der Waals surface area contributed by atoms with Crippen molar-refractivity contribution in [3.8, 4) is 0 Å². The van der Waals surface area contributed by atoms with Crippen molar-refractivity contribution in [2.24, 2.45) is 0 Å². The minimum Gasteiger partial charge on any atom is -1.00 e. The zero-order valence-electron chi connectivity index (χ0n) is 19.0. The van der Waals surface area contributed by atoms with Gasteiger partial charge in [0.1, 0.15) is 0 Å². The summed E-state index contributed by atoms with van der Waals surface area (Å²) in [7, 11) is -1.70. The number of benzene rings is 1. The molecule has 0 saturated carbocycles. The van der Waals surface area contributed by atoms with Crippen LogP contribution in [0.1, 0.15) is 67.9 Å². The van der Waals surface area contributed by atoms with Gasteiger partial charge in [-0.2, -0.15) is 5.20 Å². The average Bonchev–Trinajstić information content (AvgIpc) is 2.89. The number of hydrogen-bond donors (Lipinski definition) is 0. The van der Waals surface area contributed by atoms with Crippen LogP contribution in [-0.4, -0.2) is 8.07 Å². The monoisotopic (exact) mass is 492 g/mol. The maximum Gasteiger partial charge on any atom is 4.00 e. The second-order valence-corrected chi connectivity index (χ2v) is 12.3. The molecule has 0 aliphatic heterocycles. The van der Waals surface area contributed by atoms with Gasteiger partial charge in [0.2, 0.25) is 0 Å². The summed E-state index contributed by atoms with van der Waals surface area (Å²) in [4.78, 5) is 0. The average molecular weight is 494 g/mol. The van der Waals surface area contributed by atoms with Crippen LogP contribution in [0.15, 0.2) is 16.3 Å². The predicted molar refractivity (Wildman–Crippen MR) is 111 cm³/mol. The fourth-order valence-corrected chi connectivity index (χ4v) is 10.0. The van der Waals surface area contributed by atoms with Gasteiger partial charge in [0, 0.05) is 0 Å². The first-order chi connectivity index (χ1) is 11.2. The summed E-state index contributed by atoms with van der Waals surface area (Å²) < 4.78 is 0. The quantitative estimate of drug-likeness (QED) is 0.310. The summed E-state index contributed by atoms with van der Waals surface area (Å²) >= 11 is 0. The molecule has 0 radical (unpaired) electrons. The Bertz CT molecular complexity index is 709. The summed E-state index contributed by atoms with van der Waals surface area (Å²) in [5.41, 5.74) is 10.5. The first-order valence-corrected chi connectivity index (χ1v) is 12.2. The van der Waals surface area contributed by atoms with E-state index in [-0.39, 0.29) is 58.9 Å². The molecule has 1 aliphatic carbocycles. The third kappa shape index (κ3) is 5.80. The Kier molecular flexibility index (Phi) is 15.4. The van der Waals surface area contributed by atoms with Crippen LogP contribution in [0.25, 0.3) is 0 Å². The van der Waals surface area contributed by atoms with Gasteiger partial charge >= 0.3 is 21.7 Å². The Morgan fingerprint density at radius 3 is 1.57 bits per heavy atom. The minimum absolute atomic E-state index is 0. The van der Waals surface area contributed by atoms with Crippen LogP contribution >= 0.6 is 0 Å². The maximum absolute atomic E-state index is 3.63. The molecule has 0 spiro atoms. The van der Waals surface area contributed by atoms with Crippen LogP contribution in [0.2, 0.25) is 12.6 Å². The summed E-state index contributed by atoms with van der Waals surface area (Å²) in [5.74, 6) is 0. The van der Waals surface area contributed by atoms with Crippen molar-refractivity contribution in [2.45, 2.75) is 87.2 Å². The first-order valence-electron chi connectivity index (χ1n) is 9.52. The summed E-state index contributed by atoms with van der Waals surface area (Å²) in [6, 6.07) is 1.37. The Hall–Kier alpha value is 0.501. The molecule has 0 amide bonds. The maximum atomic E-state index is 3.63. The molecular weight excluding hydrogens is 459 g/mol. The largest absolute Gasteiger partial charge is 4.00 e. The molecule has 0 fully saturated rings. The smallest absolute Gasteiger partial charge is 1.00 e. The van der Waals surface area contributed by atoms with E-state index in [1.165, 1.54) is 46.7 Å². The summed E-state index contributed by atoms with van der Waals surface area (Å²) in [5, 5.41) is 3.46. The molecule has 2 rings (SSSR count). The summed E-state index contributed by atoms with van der Waals surface area (Å²) in [6.45, 7) is 21.2. The molecule has 0 aromatic heterocycles. The fourth-order valence-electron chi connectivity index (χ4n) is 4.61. The van der Waals surface area contributed by atoms with Crippen LogP contribution in [-0.2, 0) is 21.7 Å². The van der Waals surface area contributed by atoms with E-state index in [1.807, 2.05) is 0 Å². The van der Waals surface area contributed by atoms with Gasteiger partial charge in [-0.05, 0) is 67.6 Å². The van der Waals surface area contributed by atoms with Crippen LogP contribution in [0.4, 0.5) is 0 Å². The van der Waals surface area contributed by atoms with Crippen molar-refractivity contribution in [1.29, 1.82) is 0 Å². The number of rotatable bonds is 5. The fraction of sp³-hybridized carbons (Fsp3) is 0.565. The van der Waals surface area contributed by atoms with Crippen molar-refractivity contribution in [3.63, 3.8) is 0 Å². The number of hydrogen-bond acceptors (Lipinski definition) is 0. The van der Waals surface area contributed by atoms with Crippen molar-refractivity contribution < 1.29 is 58.9 Å². The van der Waals surface area contributed by atoms with E-state index in [1.54, 1.807) is 21.5 Å². The normalized spacial score (nSPS) is 14.8. The van der Waals surface area contributed by atoms with Gasteiger partial charge in [0.15, 0.2) is 0 Å². The molecule has 0 N–H and O–H groups in total. The van der Waals surface area contributed by atoms with Crippen LogP contribution in [0.3, 0.4) is 0 Å². The Morgan fingerprint density at radius 1 is 0.786 bits per heavy atom. The van der Waals surface area contributed by atoms with Crippen LogP contribution in [0, 0.1) is 40.7 Å². The van der Waals surface area contributed by atoms with Crippen LogP contribution < -0.4 is 42.4 Å². The topological polar surface area (TPSA) is 0 Å². The van der Waals surface area contributed by atoms with Gasteiger partial charge in [-0.3, -0.25) is 6.08 Å². The molecule has 28 heavy (non-hydrogen) atoms. The van der Waals surface area contributed by atoms with E-state index in [4.69, 9.17) is 0 Å². The molecule has 0 bridgehead atoms. The number of halogens is 3. The van der Waals surface area contributed by atoms with Gasteiger partial charge in [-0.15, -0.1) is 13.3 Å². The third-order valence-electron chi connectivity index (χ3n) is 6.79. The molecule has 1 aromatic rings. The molecule has 156 valence electrons. The Balaban J connectivity index is -0.00000156. The molecule has 1 aliphatic rings. The number of unbranched alkanes of at least 4 members (excludes halogenated alkanes) is 1. The van der Waals surface area contributed by atoms with Crippen molar-refractivity contribution in [3.05, 3.63) is 50.2 Å². The standard InChI is InChI=1S/C23H35Si.3ClH.Ti/c1-10-11-14-24(9,22-13-12-15(2)16(22)3)23-20(7)18(5)17(4)19(6)21(23)8;;;;/h10-11,13-14H2,1-9H3;3*1H;/q-1;;;;+4/p-3. The molecule has 1 atom stereocenters. The van der Waals surface area contributed by atoms with E-state index in [0.717, 1.165) is 6.42 Å². The van der Waals surface area contributed by atoms with E-state index >= 15 is 0 Å². The van der Waals surface area contributed by atoms with Gasteiger partial charge in [0.25, 0.3) is 0 Å². The zero-order valence-corrected chi connectivity index (χ0v) is 23.8. The van der Waals surface area contributed by atoms with E-state index in [0.29, 0.717) is 0 Å². The van der Waals surface area contributed by atoms with Gasteiger partial charge < -0.3 is 37.2 Å². The SMILES string of the molecule is CCCC[Si](C)(C1=C(C)C(C)=[C-]C1)c1c(C)c(C)c(C)c(C)c1C.[Cl-].[Cl-].[Cl-].[Ti+4]. The molecule has 0 saturated heterocycles. The second kappa shape index (κ2) is 13.0. The first kappa shape index (κ1) is 33.1. The van der Waals surface area contributed by atoms with Gasteiger partial charge in [-0.1, -0.05) is 39.3 Å². The second-order valence-electron chi connectivity index (χ2n) is 8.02. The van der Waals surface area contributed by atoms with Crippen LogP contribution in [0.5, 0.6) is 0 Å². The zero-order chi connectivity index (χ0) is 18.2. The summed E-state index contributed by atoms with van der Waals surface area (Å²) in [6.07, 6.45) is 7.31. The Labute approximate surface area is 208 Å². The Morgan fingerprint density at radius 2 is 1.21 bits per heavy atom. The molecule has 5 heteroatoms.